The van der Waals surface area contributed by atoms with E-state index in [2.05, 4.69) is 5.32 Å². The Hall–Kier alpha value is -3.52. The number of nitrogens with zero attached hydrogens (tertiary/aromatic N) is 3. The molecule has 1 aliphatic carbocycles. The minimum atomic E-state index is -4.78. The number of hydrogen-bond donors (Lipinski definition) is 1. The Labute approximate surface area is 193 Å². The highest BCUT2D eigenvalue weighted by molar-refractivity contribution is 7.80. The molecule has 2 aromatic carbocycles. The highest BCUT2D eigenvalue weighted by Gasteiger charge is 2.45. The van der Waals surface area contributed by atoms with Crippen LogP contribution in [0, 0.1) is 21.4 Å². The lowest BCUT2D eigenvalue weighted by atomic mass is 9.94. The van der Waals surface area contributed by atoms with E-state index in [9.17, 15) is 28.1 Å². The molecule has 0 saturated heterocycles. The van der Waals surface area contributed by atoms with Crippen LogP contribution in [0.25, 0.3) is 0 Å². The van der Waals surface area contributed by atoms with Gasteiger partial charge in [0.2, 0.25) is 0 Å². The molecule has 1 N–H and O–H groups in total. The second-order valence-corrected chi connectivity index (χ2v) is 8.31. The molecule has 0 bridgehead atoms. The van der Waals surface area contributed by atoms with Crippen LogP contribution in [0.2, 0.25) is 0 Å². The third-order valence-electron chi connectivity index (χ3n) is 5.53. The van der Waals surface area contributed by atoms with Crippen molar-refractivity contribution in [1.82, 2.24) is 0 Å². The predicted octanol–water partition coefficient (Wildman–Crippen LogP) is 5.59. The highest BCUT2D eigenvalue weighted by Crippen LogP contribution is 2.39. The quantitative estimate of drug-likeness (QED) is 0.343. The van der Waals surface area contributed by atoms with Gasteiger partial charge in [0.15, 0.2) is 0 Å². The van der Waals surface area contributed by atoms with Gasteiger partial charge in [-0.1, -0.05) is 25.1 Å². The zero-order valence-electron chi connectivity index (χ0n) is 17.5. The number of non-ortho nitro benzene ring substituents is 1. The topological polar surface area (TPSA) is 99.3 Å². The summed E-state index contributed by atoms with van der Waals surface area (Å²) in [6.07, 6.45) is -2.56. The molecule has 1 fully saturated rings. The van der Waals surface area contributed by atoms with Crippen LogP contribution < -0.4 is 10.2 Å². The summed E-state index contributed by atoms with van der Waals surface area (Å²) in [7, 11) is 0. The van der Waals surface area contributed by atoms with Gasteiger partial charge in [-0.3, -0.25) is 19.8 Å². The van der Waals surface area contributed by atoms with E-state index in [0.717, 1.165) is 17.0 Å². The van der Waals surface area contributed by atoms with E-state index in [4.69, 9.17) is 17.5 Å². The predicted molar refractivity (Wildman–Crippen MR) is 120 cm³/mol. The maximum atomic E-state index is 13.7. The van der Waals surface area contributed by atoms with Crippen molar-refractivity contribution in [2.75, 3.05) is 10.2 Å². The summed E-state index contributed by atoms with van der Waals surface area (Å²) in [5, 5.41) is 23.1. The van der Waals surface area contributed by atoms with Gasteiger partial charge in [0.05, 0.1) is 32.8 Å². The molecular formula is C22H19F3N4O3S. The van der Waals surface area contributed by atoms with Crippen molar-refractivity contribution in [2.24, 2.45) is 0 Å². The molecule has 0 aliphatic heterocycles. The van der Waals surface area contributed by atoms with Gasteiger partial charge in [0.25, 0.3) is 11.6 Å². The molecule has 2 aromatic rings. The number of nitro groups is 1. The molecule has 1 saturated carbocycles. The third-order valence-corrected chi connectivity index (χ3v) is 5.72. The number of benzene rings is 2. The lowest BCUT2D eigenvalue weighted by Gasteiger charge is -2.35. The van der Waals surface area contributed by atoms with Gasteiger partial charge in [0.1, 0.15) is 5.54 Å². The highest BCUT2D eigenvalue weighted by atomic mass is 32.1. The molecule has 0 atom stereocenters. The molecule has 11 heteroatoms. The Kier molecular flexibility index (Phi) is 6.69. The fourth-order valence-electron chi connectivity index (χ4n) is 3.97. The maximum Gasteiger partial charge on any atom is 0.417 e. The molecule has 0 aromatic heterocycles. The fraction of sp³-hybridized carbons (Fsp3) is 0.318. The van der Waals surface area contributed by atoms with Gasteiger partial charge < -0.3 is 5.32 Å². The van der Waals surface area contributed by atoms with Gasteiger partial charge in [-0.15, -0.1) is 0 Å². The summed E-state index contributed by atoms with van der Waals surface area (Å²) in [5.74, 6) is -0.524. The van der Waals surface area contributed by atoms with Crippen LogP contribution in [-0.2, 0) is 11.0 Å². The van der Waals surface area contributed by atoms with E-state index in [1.807, 2.05) is 0 Å². The number of nitriles is 1. The number of alkyl halides is 3. The molecule has 0 unspecified atom stereocenters. The van der Waals surface area contributed by atoms with Crippen molar-refractivity contribution in [2.45, 2.75) is 44.3 Å². The minimum absolute atomic E-state index is 0.0506. The Morgan fingerprint density at radius 1 is 1.21 bits per heavy atom. The van der Waals surface area contributed by atoms with Crippen LogP contribution >= 0.6 is 12.2 Å². The maximum absolute atomic E-state index is 13.7. The van der Waals surface area contributed by atoms with Crippen LogP contribution in [0.4, 0.5) is 30.2 Å². The standard InChI is InChI=1S/C22H19F3N4O3S/c1-14(33)28(18-7-4-15(13-26)19(12-18)22(23,24)25)20(30)21(10-2-3-11-21)27-16-5-8-17(9-6-16)29(31)32/h4-9,12,27H,2-3,10-11H2,1H3. The number of carbonyl (C=O) groups is 1. The molecule has 0 spiro atoms. The smallest absolute Gasteiger partial charge is 0.371 e. The first-order valence-electron chi connectivity index (χ1n) is 9.97. The van der Waals surface area contributed by atoms with E-state index >= 15 is 0 Å². The summed E-state index contributed by atoms with van der Waals surface area (Å²) in [5.41, 5.74) is -2.59. The summed E-state index contributed by atoms with van der Waals surface area (Å²) in [6.45, 7) is 1.44. The van der Waals surface area contributed by atoms with Crippen LogP contribution in [0.3, 0.4) is 0 Å². The molecule has 172 valence electrons. The van der Waals surface area contributed by atoms with Crippen molar-refractivity contribution in [3.8, 4) is 6.07 Å². The second kappa shape index (κ2) is 9.15. The Balaban J connectivity index is 2.01. The van der Waals surface area contributed by atoms with E-state index in [1.54, 1.807) is 0 Å². The number of thiocarbonyl (C=S) groups is 1. The molecule has 0 radical (unpaired) electrons. The molecule has 1 aliphatic rings. The summed E-state index contributed by atoms with van der Waals surface area (Å²) < 4.78 is 40.5. The van der Waals surface area contributed by atoms with Crippen LogP contribution in [0.5, 0.6) is 0 Å². The van der Waals surface area contributed by atoms with E-state index < -0.39 is 33.7 Å². The van der Waals surface area contributed by atoms with E-state index in [1.165, 1.54) is 43.3 Å². The number of nitro benzene ring substituents is 1. The number of carbonyl (C=O) groups excluding carboxylic acids is 1. The molecule has 1 amide bonds. The first-order valence-corrected chi connectivity index (χ1v) is 10.4. The number of hydrogen-bond acceptors (Lipinski definition) is 6. The summed E-state index contributed by atoms with van der Waals surface area (Å²) >= 11 is 5.22. The number of anilines is 2. The summed E-state index contributed by atoms with van der Waals surface area (Å²) in [4.78, 5) is 25.2. The molecule has 3 rings (SSSR count). The number of nitrogens with one attached hydrogen (secondary N) is 1. The first kappa shape index (κ1) is 24.1. The molecule has 33 heavy (non-hydrogen) atoms. The van der Waals surface area contributed by atoms with Crippen molar-refractivity contribution >= 4 is 40.2 Å². The Morgan fingerprint density at radius 2 is 1.82 bits per heavy atom. The number of halogens is 3. The zero-order valence-corrected chi connectivity index (χ0v) is 18.3. The number of amides is 1. The number of rotatable bonds is 5. The normalized spacial score (nSPS) is 14.9. The lowest BCUT2D eigenvalue weighted by molar-refractivity contribution is -0.384. The van der Waals surface area contributed by atoms with Gasteiger partial charge in [-0.2, -0.15) is 18.4 Å². The SMILES string of the molecule is CC(=S)N(C(=O)C1(Nc2ccc([N+](=O)[O-])cc2)CCCC1)c1ccc(C#N)c(C(F)(F)F)c1. The van der Waals surface area contributed by atoms with E-state index in [-0.39, 0.29) is 16.4 Å². The third kappa shape index (κ3) is 4.96. The van der Waals surface area contributed by atoms with Crippen LogP contribution in [-0.4, -0.2) is 21.4 Å². The monoisotopic (exact) mass is 476 g/mol. The summed E-state index contributed by atoms with van der Waals surface area (Å²) in [6, 6.07) is 10.1. The molecular weight excluding hydrogens is 457 g/mol. The molecule has 0 heterocycles. The van der Waals surface area contributed by atoms with E-state index in [0.29, 0.717) is 31.4 Å². The van der Waals surface area contributed by atoms with Gasteiger partial charge >= 0.3 is 6.18 Å². The van der Waals surface area contributed by atoms with Crippen LogP contribution in [0.1, 0.15) is 43.7 Å². The lowest BCUT2D eigenvalue weighted by Crippen LogP contribution is -2.53. The van der Waals surface area contributed by atoms with Crippen LogP contribution in [0.15, 0.2) is 42.5 Å². The van der Waals surface area contributed by atoms with Crippen molar-refractivity contribution in [3.05, 3.63) is 63.7 Å². The van der Waals surface area contributed by atoms with Gasteiger partial charge in [0, 0.05) is 17.8 Å². The fourth-order valence-corrected chi connectivity index (χ4v) is 4.16. The van der Waals surface area contributed by atoms with Crippen molar-refractivity contribution in [3.63, 3.8) is 0 Å². The van der Waals surface area contributed by atoms with Gasteiger partial charge in [-0.05, 0) is 50.1 Å². The first-order chi connectivity index (χ1) is 15.5. The average molecular weight is 476 g/mol. The Morgan fingerprint density at radius 3 is 2.30 bits per heavy atom. The van der Waals surface area contributed by atoms with Crippen molar-refractivity contribution < 1.29 is 22.9 Å². The van der Waals surface area contributed by atoms with Crippen molar-refractivity contribution in [1.29, 1.82) is 5.26 Å². The largest absolute Gasteiger partial charge is 0.417 e. The average Bonchev–Trinajstić information content (AvgIpc) is 3.23. The zero-order chi connectivity index (χ0) is 24.4. The molecule has 7 nitrogen and oxygen atoms in total. The Bertz CT molecular complexity index is 1140. The van der Waals surface area contributed by atoms with Gasteiger partial charge in [-0.25, -0.2) is 0 Å². The minimum Gasteiger partial charge on any atom is -0.371 e. The second-order valence-electron chi connectivity index (χ2n) is 7.72.